The van der Waals surface area contributed by atoms with Crippen LogP contribution in [-0.2, 0) is 4.84 Å². The van der Waals surface area contributed by atoms with Crippen molar-refractivity contribution < 1.29 is 9.23 Å². The molecule has 0 spiro atoms. The zero-order valence-corrected chi connectivity index (χ0v) is 7.14. The molecule has 0 aromatic carbocycles. The molecule has 68 valence electrons. The number of rotatable bonds is 3. The number of hydrogen-bond donors (Lipinski definition) is 1. The summed E-state index contributed by atoms with van der Waals surface area (Å²) in [6, 6.07) is 0. The highest BCUT2D eigenvalue weighted by Crippen LogP contribution is 2.04. The molecule has 1 aliphatic heterocycles. The summed E-state index contributed by atoms with van der Waals surface area (Å²) >= 11 is 0. The van der Waals surface area contributed by atoms with Crippen LogP contribution in [0.5, 0.6) is 0 Å². The van der Waals surface area contributed by atoms with Gasteiger partial charge in [-0.05, 0) is 18.5 Å². The molecule has 0 aliphatic carbocycles. The standard InChI is InChI=1S/C8H13FN2O/c1-12-11-8(5-9)7-3-2-4-10-6-7/h3,10H,2,4-6H2,1H3/b11-8+. The zero-order chi connectivity index (χ0) is 8.81. The first-order valence-corrected chi connectivity index (χ1v) is 3.94. The summed E-state index contributed by atoms with van der Waals surface area (Å²) in [4.78, 5) is 4.53. The number of hydrogen-bond acceptors (Lipinski definition) is 3. The average Bonchev–Trinajstić information content (AvgIpc) is 2.15. The van der Waals surface area contributed by atoms with E-state index in [2.05, 4.69) is 15.3 Å². The predicted octanol–water partition coefficient (Wildman–Crippen LogP) is 0.878. The topological polar surface area (TPSA) is 33.6 Å². The second kappa shape index (κ2) is 4.87. The summed E-state index contributed by atoms with van der Waals surface area (Å²) in [7, 11) is 1.42. The Morgan fingerprint density at radius 3 is 3.17 bits per heavy atom. The molecule has 1 N–H and O–H groups in total. The molecule has 4 heteroatoms. The Morgan fingerprint density at radius 1 is 1.83 bits per heavy atom. The summed E-state index contributed by atoms with van der Waals surface area (Å²) in [6.45, 7) is 1.07. The number of alkyl halides is 1. The second-order valence-corrected chi connectivity index (χ2v) is 2.55. The Morgan fingerprint density at radius 2 is 2.67 bits per heavy atom. The molecule has 0 amide bonds. The van der Waals surface area contributed by atoms with E-state index in [1.165, 1.54) is 7.11 Å². The molecule has 3 nitrogen and oxygen atoms in total. The van der Waals surface area contributed by atoms with Crippen LogP contribution < -0.4 is 5.32 Å². The van der Waals surface area contributed by atoms with Crippen molar-refractivity contribution in [3.8, 4) is 0 Å². The van der Waals surface area contributed by atoms with Crippen LogP contribution in [0.4, 0.5) is 4.39 Å². The molecular weight excluding hydrogens is 159 g/mol. The minimum Gasteiger partial charge on any atom is -0.399 e. The third-order valence-electron chi connectivity index (χ3n) is 1.73. The van der Waals surface area contributed by atoms with Gasteiger partial charge in [-0.15, -0.1) is 0 Å². The van der Waals surface area contributed by atoms with Crippen molar-refractivity contribution >= 4 is 5.71 Å². The van der Waals surface area contributed by atoms with Crippen molar-refractivity contribution in [2.24, 2.45) is 5.16 Å². The quantitative estimate of drug-likeness (QED) is 0.506. The first kappa shape index (κ1) is 9.19. The van der Waals surface area contributed by atoms with Crippen LogP contribution in [0.1, 0.15) is 6.42 Å². The van der Waals surface area contributed by atoms with Crippen LogP contribution in [0.15, 0.2) is 16.8 Å². The highest BCUT2D eigenvalue weighted by atomic mass is 19.1. The smallest absolute Gasteiger partial charge is 0.135 e. The summed E-state index contributed by atoms with van der Waals surface area (Å²) in [5.41, 5.74) is 1.30. The third-order valence-corrected chi connectivity index (χ3v) is 1.73. The molecule has 0 bridgehead atoms. The lowest BCUT2D eigenvalue weighted by atomic mass is 10.1. The van der Waals surface area contributed by atoms with Crippen molar-refractivity contribution in [1.82, 2.24) is 5.32 Å². The number of oxime groups is 1. The first-order valence-electron chi connectivity index (χ1n) is 3.94. The van der Waals surface area contributed by atoms with Crippen molar-refractivity contribution in [3.05, 3.63) is 11.6 Å². The highest BCUT2D eigenvalue weighted by Gasteiger charge is 2.09. The van der Waals surface area contributed by atoms with E-state index in [0.29, 0.717) is 12.3 Å². The van der Waals surface area contributed by atoms with Gasteiger partial charge in [-0.1, -0.05) is 11.2 Å². The molecule has 0 saturated heterocycles. The van der Waals surface area contributed by atoms with Crippen LogP contribution in [0.2, 0.25) is 0 Å². The van der Waals surface area contributed by atoms with Gasteiger partial charge >= 0.3 is 0 Å². The molecule has 0 unspecified atom stereocenters. The summed E-state index contributed by atoms with van der Waals surface area (Å²) in [5.74, 6) is 0. The van der Waals surface area contributed by atoms with Gasteiger partial charge in [-0.3, -0.25) is 0 Å². The minimum absolute atomic E-state index is 0.393. The van der Waals surface area contributed by atoms with Crippen LogP contribution in [0.3, 0.4) is 0 Å². The zero-order valence-electron chi connectivity index (χ0n) is 7.14. The largest absolute Gasteiger partial charge is 0.399 e. The van der Waals surface area contributed by atoms with E-state index >= 15 is 0 Å². The Bertz CT molecular complexity index is 195. The lowest BCUT2D eigenvalue weighted by molar-refractivity contribution is 0.212. The van der Waals surface area contributed by atoms with Gasteiger partial charge in [0.05, 0.1) is 0 Å². The van der Waals surface area contributed by atoms with Gasteiger partial charge in [-0.25, -0.2) is 4.39 Å². The fourth-order valence-corrected chi connectivity index (χ4v) is 1.14. The molecule has 0 atom stereocenters. The first-order chi connectivity index (χ1) is 5.88. The van der Waals surface area contributed by atoms with Gasteiger partial charge in [0.15, 0.2) is 0 Å². The molecule has 0 radical (unpaired) electrons. The van der Waals surface area contributed by atoms with Gasteiger partial charge in [0, 0.05) is 6.54 Å². The molecule has 0 aromatic rings. The lowest BCUT2D eigenvalue weighted by Gasteiger charge is -2.13. The van der Waals surface area contributed by atoms with E-state index in [1.807, 2.05) is 6.08 Å². The average molecular weight is 172 g/mol. The maximum Gasteiger partial charge on any atom is 0.135 e. The number of nitrogens with one attached hydrogen (secondary N) is 1. The van der Waals surface area contributed by atoms with Gasteiger partial charge in [0.2, 0.25) is 0 Å². The molecule has 0 saturated carbocycles. The normalized spacial score (nSPS) is 18.8. The highest BCUT2D eigenvalue weighted by molar-refractivity contribution is 6.01. The Labute approximate surface area is 71.3 Å². The van der Waals surface area contributed by atoms with Crippen molar-refractivity contribution in [1.29, 1.82) is 0 Å². The Kier molecular flexibility index (Phi) is 3.73. The molecule has 0 aromatic heterocycles. The van der Waals surface area contributed by atoms with E-state index in [9.17, 15) is 4.39 Å². The molecule has 12 heavy (non-hydrogen) atoms. The van der Waals surface area contributed by atoms with E-state index in [1.54, 1.807) is 0 Å². The molecule has 1 heterocycles. The van der Waals surface area contributed by atoms with E-state index in [-0.39, 0.29) is 0 Å². The van der Waals surface area contributed by atoms with Crippen molar-refractivity contribution in [2.75, 3.05) is 26.9 Å². The van der Waals surface area contributed by atoms with Crippen LogP contribution in [0, 0.1) is 0 Å². The van der Waals surface area contributed by atoms with Crippen LogP contribution >= 0.6 is 0 Å². The predicted molar refractivity (Wildman–Crippen MR) is 46.0 cm³/mol. The second-order valence-electron chi connectivity index (χ2n) is 2.55. The molecule has 1 rings (SSSR count). The monoisotopic (exact) mass is 172 g/mol. The third kappa shape index (κ3) is 2.30. The van der Waals surface area contributed by atoms with E-state index in [4.69, 9.17) is 0 Å². The van der Waals surface area contributed by atoms with Gasteiger partial charge in [0.25, 0.3) is 0 Å². The lowest BCUT2D eigenvalue weighted by Crippen LogP contribution is -2.26. The molecule has 1 aliphatic rings. The minimum atomic E-state index is -0.568. The summed E-state index contributed by atoms with van der Waals surface area (Å²) in [5, 5.41) is 6.74. The fourth-order valence-electron chi connectivity index (χ4n) is 1.14. The Hall–Kier alpha value is -0.900. The maximum atomic E-state index is 12.3. The molecular formula is C8H13FN2O. The Balaban J connectivity index is 2.64. The van der Waals surface area contributed by atoms with Crippen molar-refractivity contribution in [2.45, 2.75) is 6.42 Å². The van der Waals surface area contributed by atoms with E-state index < -0.39 is 6.67 Å². The SMILES string of the molecule is CO/N=C(\CF)C1=CCCNC1. The fraction of sp³-hybridized carbons (Fsp3) is 0.625. The maximum absolute atomic E-state index is 12.3. The summed E-state index contributed by atoms with van der Waals surface area (Å²) in [6.07, 6.45) is 2.92. The summed E-state index contributed by atoms with van der Waals surface area (Å²) < 4.78 is 12.3. The van der Waals surface area contributed by atoms with Gasteiger partial charge in [-0.2, -0.15) is 0 Å². The van der Waals surface area contributed by atoms with Crippen molar-refractivity contribution in [3.63, 3.8) is 0 Å². The van der Waals surface area contributed by atoms with E-state index in [0.717, 1.165) is 18.5 Å². The molecule has 0 fully saturated rings. The van der Waals surface area contributed by atoms with Crippen LogP contribution in [0.25, 0.3) is 0 Å². The number of nitrogens with zero attached hydrogens (tertiary/aromatic N) is 1. The van der Waals surface area contributed by atoms with Gasteiger partial charge in [0.1, 0.15) is 19.5 Å². The van der Waals surface area contributed by atoms with Crippen LogP contribution in [-0.4, -0.2) is 32.6 Å². The van der Waals surface area contributed by atoms with Gasteiger partial charge < -0.3 is 10.2 Å². The number of halogens is 1.